The molecule has 0 radical (unpaired) electrons. The maximum Gasteiger partial charge on any atom is 0.145 e. The van der Waals surface area contributed by atoms with E-state index in [2.05, 4.69) is 18.7 Å². The van der Waals surface area contributed by atoms with Gasteiger partial charge in [0.2, 0.25) is 0 Å². The van der Waals surface area contributed by atoms with E-state index in [0.717, 1.165) is 13.0 Å². The first-order valence-corrected chi connectivity index (χ1v) is 10.9. The van der Waals surface area contributed by atoms with Crippen molar-refractivity contribution in [3.8, 4) is 0 Å². The maximum atomic E-state index is 14.2. The number of hydrogen-bond acceptors (Lipinski definition) is 5. The van der Waals surface area contributed by atoms with Crippen LogP contribution in [-0.2, 0) is 4.79 Å². The molecule has 31 heavy (non-hydrogen) atoms. The third-order valence-corrected chi connectivity index (χ3v) is 5.72. The van der Waals surface area contributed by atoms with E-state index in [4.69, 9.17) is 39.5 Å². The van der Waals surface area contributed by atoms with Crippen molar-refractivity contribution in [3.05, 3.63) is 63.9 Å². The van der Waals surface area contributed by atoms with Crippen LogP contribution < -0.4 is 11.5 Å². The largest absolute Gasteiger partial charge is 0.399 e. The van der Waals surface area contributed by atoms with Gasteiger partial charge in [-0.2, -0.15) is 0 Å². The SMILES string of the molecule is C=O.CC(C)CCN1C(N)C(c2cccc(Cl)c2F)C[C@@H]1CO.Nc1cccc(Cl)c1. The average molecular weight is 472 g/mol. The molecule has 2 aromatic rings. The van der Waals surface area contributed by atoms with Crippen LogP contribution in [0.4, 0.5) is 10.1 Å². The molecule has 0 spiro atoms. The van der Waals surface area contributed by atoms with Crippen LogP contribution in [0, 0.1) is 11.7 Å². The summed E-state index contributed by atoms with van der Waals surface area (Å²) >= 11 is 11.4. The van der Waals surface area contributed by atoms with Crippen LogP contribution in [0.25, 0.3) is 0 Å². The van der Waals surface area contributed by atoms with E-state index in [1.54, 1.807) is 36.4 Å². The Morgan fingerprint density at radius 2 is 1.87 bits per heavy atom. The Morgan fingerprint density at radius 3 is 2.39 bits per heavy atom. The van der Waals surface area contributed by atoms with Gasteiger partial charge in [-0.1, -0.05) is 55.2 Å². The molecule has 0 aromatic heterocycles. The number of aliphatic hydroxyl groups is 1. The Kier molecular flexibility index (Phi) is 12.0. The Hall–Kier alpha value is -1.70. The van der Waals surface area contributed by atoms with Gasteiger partial charge < -0.3 is 21.4 Å². The zero-order chi connectivity index (χ0) is 23.6. The third kappa shape index (κ3) is 8.05. The average Bonchev–Trinajstić information content (AvgIpc) is 3.05. The van der Waals surface area contributed by atoms with Crippen molar-refractivity contribution in [1.29, 1.82) is 0 Å². The second kappa shape index (κ2) is 13.7. The van der Waals surface area contributed by atoms with Gasteiger partial charge in [-0.3, -0.25) is 4.90 Å². The quantitative estimate of drug-likeness (QED) is 0.549. The lowest BCUT2D eigenvalue weighted by Crippen LogP contribution is -2.45. The van der Waals surface area contributed by atoms with Gasteiger partial charge in [-0.15, -0.1) is 0 Å². The maximum absolute atomic E-state index is 14.2. The Morgan fingerprint density at radius 1 is 1.23 bits per heavy atom. The van der Waals surface area contributed by atoms with E-state index in [0.29, 0.717) is 28.6 Å². The van der Waals surface area contributed by atoms with Crippen LogP contribution in [0.3, 0.4) is 0 Å². The lowest BCUT2D eigenvalue weighted by atomic mass is 9.94. The number of carbonyl (C=O) groups is 1. The predicted octanol–water partition coefficient (Wildman–Crippen LogP) is 4.70. The van der Waals surface area contributed by atoms with Crippen molar-refractivity contribution in [2.24, 2.45) is 11.7 Å². The highest BCUT2D eigenvalue weighted by Gasteiger charge is 2.40. The summed E-state index contributed by atoms with van der Waals surface area (Å²) in [5.74, 6) is 0.0496. The first kappa shape index (κ1) is 27.3. The molecular weight excluding hydrogens is 440 g/mol. The number of anilines is 1. The molecule has 1 saturated heterocycles. The number of benzene rings is 2. The Bertz CT molecular complexity index is 793. The highest BCUT2D eigenvalue weighted by atomic mass is 35.5. The van der Waals surface area contributed by atoms with Crippen LogP contribution in [0.2, 0.25) is 10.0 Å². The van der Waals surface area contributed by atoms with Gasteiger partial charge in [0, 0.05) is 29.2 Å². The first-order valence-electron chi connectivity index (χ1n) is 10.1. The number of aliphatic hydroxyl groups excluding tert-OH is 1. The minimum Gasteiger partial charge on any atom is -0.399 e. The first-order chi connectivity index (χ1) is 14.7. The summed E-state index contributed by atoms with van der Waals surface area (Å²) < 4.78 is 14.2. The Balaban J connectivity index is 0.000000400. The van der Waals surface area contributed by atoms with Crippen molar-refractivity contribution in [2.45, 2.75) is 44.8 Å². The van der Waals surface area contributed by atoms with Crippen molar-refractivity contribution in [3.63, 3.8) is 0 Å². The number of hydrogen-bond donors (Lipinski definition) is 3. The number of halogens is 3. The number of nitrogens with two attached hydrogens (primary N) is 2. The fourth-order valence-electron chi connectivity index (χ4n) is 3.59. The molecule has 0 amide bonds. The molecule has 172 valence electrons. The number of likely N-dealkylation sites (tertiary alicyclic amines) is 1. The summed E-state index contributed by atoms with van der Waals surface area (Å²) in [6, 6.07) is 12.1. The molecule has 0 bridgehead atoms. The summed E-state index contributed by atoms with van der Waals surface area (Å²) in [7, 11) is 0. The van der Waals surface area contributed by atoms with Gasteiger partial charge in [0.1, 0.15) is 12.6 Å². The fraction of sp³-hybridized carbons (Fsp3) is 0.435. The lowest BCUT2D eigenvalue weighted by Gasteiger charge is -2.28. The minimum absolute atomic E-state index is 0.0119. The molecule has 5 nitrogen and oxygen atoms in total. The molecule has 1 heterocycles. The standard InChI is InChI=1S/C16H24ClFN2O.C6H6ClN.CH2O/c1-10(2)6-7-20-11(9-21)8-13(16(20)19)12-4-3-5-14(17)15(12)18;7-5-2-1-3-6(8)4-5;1-2/h3-5,10-11,13,16,21H,6-9,19H2,1-2H3;1-4H,8H2;1H2/t11-,13?,16?;;/m1../s1. The molecular formula is C23H32Cl2FN3O2. The monoisotopic (exact) mass is 471 g/mol. The van der Waals surface area contributed by atoms with Gasteiger partial charge in [0.25, 0.3) is 0 Å². The van der Waals surface area contributed by atoms with Crippen LogP contribution in [0.15, 0.2) is 42.5 Å². The minimum atomic E-state index is -0.387. The van der Waals surface area contributed by atoms with Gasteiger partial charge >= 0.3 is 0 Å². The van der Waals surface area contributed by atoms with Crippen molar-refractivity contribution < 1.29 is 14.3 Å². The van der Waals surface area contributed by atoms with Crippen LogP contribution in [0.5, 0.6) is 0 Å². The van der Waals surface area contributed by atoms with Crippen LogP contribution in [0.1, 0.15) is 38.2 Å². The van der Waals surface area contributed by atoms with Crippen molar-refractivity contribution in [2.75, 3.05) is 18.9 Å². The van der Waals surface area contributed by atoms with E-state index in [1.807, 2.05) is 12.9 Å². The zero-order valence-electron chi connectivity index (χ0n) is 18.0. The highest BCUT2D eigenvalue weighted by Crippen LogP contribution is 2.37. The van der Waals surface area contributed by atoms with Crippen molar-refractivity contribution >= 4 is 35.7 Å². The number of rotatable bonds is 5. The molecule has 3 atom stereocenters. The summed E-state index contributed by atoms with van der Waals surface area (Å²) in [5.41, 5.74) is 13.0. The molecule has 5 N–H and O–H groups in total. The van der Waals surface area contributed by atoms with E-state index in [-0.39, 0.29) is 35.6 Å². The number of nitrogens with zero attached hydrogens (tertiary/aromatic N) is 1. The summed E-state index contributed by atoms with van der Waals surface area (Å²) in [6.45, 7) is 7.18. The molecule has 0 saturated carbocycles. The molecule has 1 fully saturated rings. The molecule has 1 aliphatic heterocycles. The summed E-state index contributed by atoms with van der Waals surface area (Å²) in [5, 5.41) is 10.4. The van der Waals surface area contributed by atoms with Gasteiger partial charge in [0.05, 0.1) is 17.8 Å². The second-order valence-electron chi connectivity index (χ2n) is 7.79. The highest BCUT2D eigenvalue weighted by molar-refractivity contribution is 6.31. The van der Waals surface area contributed by atoms with Crippen LogP contribution in [-0.4, -0.2) is 42.2 Å². The number of carbonyl (C=O) groups excluding carboxylic acids is 1. The zero-order valence-corrected chi connectivity index (χ0v) is 19.5. The molecule has 0 aliphatic carbocycles. The van der Waals surface area contributed by atoms with Crippen LogP contribution >= 0.6 is 23.2 Å². The molecule has 1 aliphatic rings. The second-order valence-corrected chi connectivity index (χ2v) is 8.63. The van der Waals surface area contributed by atoms with E-state index in [1.165, 1.54) is 0 Å². The smallest absolute Gasteiger partial charge is 0.145 e. The third-order valence-electron chi connectivity index (χ3n) is 5.20. The summed E-state index contributed by atoms with van der Waals surface area (Å²) in [6.07, 6.45) is 1.39. The Labute approximate surface area is 194 Å². The van der Waals surface area contributed by atoms with E-state index in [9.17, 15) is 9.50 Å². The summed E-state index contributed by atoms with van der Waals surface area (Å²) in [4.78, 5) is 10.1. The van der Waals surface area contributed by atoms with E-state index < -0.39 is 0 Å². The number of nitrogen functional groups attached to an aromatic ring is 1. The molecule has 3 rings (SSSR count). The van der Waals surface area contributed by atoms with E-state index >= 15 is 0 Å². The topological polar surface area (TPSA) is 92.6 Å². The lowest BCUT2D eigenvalue weighted by molar-refractivity contribution is -0.0979. The molecule has 2 unspecified atom stereocenters. The van der Waals surface area contributed by atoms with Crippen molar-refractivity contribution in [1.82, 2.24) is 4.90 Å². The predicted molar refractivity (Wildman–Crippen MR) is 127 cm³/mol. The van der Waals surface area contributed by atoms with Gasteiger partial charge in [-0.05, 0) is 48.6 Å². The van der Waals surface area contributed by atoms with Gasteiger partial charge in [-0.25, -0.2) is 4.39 Å². The fourth-order valence-corrected chi connectivity index (χ4v) is 3.97. The molecule has 8 heteroatoms. The van der Waals surface area contributed by atoms with Gasteiger partial charge in [0.15, 0.2) is 0 Å². The molecule has 2 aromatic carbocycles. The normalized spacial score (nSPS) is 20.6.